The van der Waals surface area contributed by atoms with Crippen molar-refractivity contribution in [1.29, 1.82) is 0 Å². The average molecular weight is 355 g/mol. The van der Waals surface area contributed by atoms with Crippen molar-refractivity contribution < 1.29 is 4.74 Å². The molecule has 4 heteroatoms. The Morgan fingerprint density at radius 2 is 2.05 bits per heavy atom. The zero-order valence-corrected chi connectivity index (χ0v) is 13.9. The normalized spacial score (nSPS) is 10.4. The first-order chi connectivity index (χ1) is 9.61. The third-order valence-corrected chi connectivity index (χ3v) is 3.96. The summed E-state index contributed by atoms with van der Waals surface area (Å²) < 4.78 is 6.69. The zero-order valence-electron chi connectivity index (χ0n) is 11.5. The molecule has 106 valence electrons. The van der Waals surface area contributed by atoms with Crippen LogP contribution in [0.1, 0.15) is 18.1 Å². The Morgan fingerprint density at radius 3 is 2.80 bits per heavy atom. The number of halogens is 2. The molecule has 0 spiro atoms. The molecule has 0 atom stereocenters. The molecule has 0 heterocycles. The highest BCUT2D eigenvalue weighted by Crippen LogP contribution is 2.27. The topological polar surface area (TPSA) is 21.3 Å². The Bertz CT molecular complexity index is 601. The minimum absolute atomic E-state index is 0.658. The molecule has 20 heavy (non-hydrogen) atoms. The Kier molecular flexibility index (Phi) is 5.32. The van der Waals surface area contributed by atoms with Crippen LogP contribution in [0.2, 0.25) is 5.02 Å². The van der Waals surface area contributed by atoms with E-state index in [2.05, 4.69) is 27.3 Å². The molecule has 0 aliphatic carbocycles. The zero-order chi connectivity index (χ0) is 14.5. The Labute approximate surface area is 133 Å². The first-order valence-corrected chi connectivity index (χ1v) is 7.69. The molecule has 0 saturated carbocycles. The van der Waals surface area contributed by atoms with Gasteiger partial charge >= 0.3 is 0 Å². The van der Waals surface area contributed by atoms with Crippen molar-refractivity contribution >= 4 is 33.2 Å². The fraction of sp³-hybridized carbons (Fsp3) is 0.250. The fourth-order valence-corrected chi connectivity index (χ4v) is 2.55. The lowest BCUT2D eigenvalue weighted by molar-refractivity contribution is 0.337. The van der Waals surface area contributed by atoms with E-state index in [0.29, 0.717) is 13.2 Å². The summed E-state index contributed by atoms with van der Waals surface area (Å²) in [5.41, 5.74) is 3.21. The number of rotatable bonds is 5. The van der Waals surface area contributed by atoms with E-state index in [1.54, 1.807) is 0 Å². The van der Waals surface area contributed by atoms with E-state index in [4.69, 9.17) is 16.3 Å². The molecule has 0 saturated heterocycles. The van der Waals surface area contributed by atoms with Gasteiger partial charge in [0.1, 0.15) is 5.75 Å². The van der Waals surface area contributed by atoms with Crippen molar-refractivity contribution in [2.24, 2.45) is 0 Å². The lowest BCUT2D eigenvalue weighted by Crippen LogP contribution is -2.04. The molecule has 0 amide bonds. The fourth-order valence-electron chi connectivity index (χ4n) is 1.97. The molecule has 2 rings (SSSR count). The van der Waals surface area contributed by atoms with E-state index in [1.165, 1.54) is 0 Å². The molecular weight excluding hydrogens is 338 g/mol. The van der Waals surface area contributed by atoms with Gasteiger partial charge in [0.25, 0.3) is 0 Å². The summed E-state index contributed by atoms with van der Waals surface area (Å²) in [5.74, 6) is 0.905. The van der Waals surface area contributed by atoms with Gasteiger partial charge in [0, 0.05) is 27.3 Å². The summed E-state index contributed by atoms with van der Waals surface area (Å²) in [6.07, 6.45) is 0. The molecular formula is C16H17BrClNO. The van der Waals surface area contributed by atoms with Crippen molar-refractivity contribution in [3.63, 3.8) is 0 Å². The van der Waals surface area contributed by atoms with Gasteiger partial charge in [0.15, 0.2) is 0 Å². The second kappa shape index (κ2) is 7.00. The number of ether oxygens (including phenoxy) is 1. The van der Waals surface area contributed by atoms with Crippen LogP contribution in [0.5, 0.6) is 5.75 Å². The van der Waals surface area contributed by atoms with Crippen LogP contribution in [0.4, 0.5) is 5.69 Å². The Morgan fingerprint density at radius 1 is 1.25 bits per heavy atom. The number of hydrogen-bond donors (Lipinski definition) is 1. The molecule has 0 aliphatic rings. The van der Waals surface area contributed by atoms with E-state index in [9.17, 15) is 0 Å². The molecule has 0 radical (unpaired) electrons. The third kappa shape index (κ3) is 3.68. The highest BCUT2D eigenvalue weighted by molar-refractivity contribution is 9.10. The summed E-state index contributed by atoms with van der Waals surface area (Å²) in [4.78, 5) is 0. The van der Waals surface area contributed by atoms with Gasteiger partial charge in [-0.05, 0) is 49.7 Å². The average Bonchev–Trinajstić information content (AvgIpc) is 2.43. The molecule has 0 unspecified atom stereocenters. The molecule has 2 aromatic carbocycles. The molecule has 0 bridgehead atoms. The highest BCUT2D eigenvalue weighted by atomic mass is 79.9. The Hall–Kier alpha value is -1.19. The molecule has 2 aromatic rings. The van der Waals surface area contributed by atoms with Gasteiger partial charge in [-0.3, -0.25) is 0 Å². The maximum absolute atomic E-state index is 6.13. The molecule has 0 aliphatic heterocycles. The Balaban J connectivity index is 2.18. The van der Waals surface area contributed by atoms with Crippen LogP contribution >= 0.6 is 27.5 Å². The lowest BCUT2D eigenvalue weighted by Gasteiger charge is -2.14. The second-order valence-corrected chi connectivity index (χ2v) is 5.77. The molecule has 1 N–H and O–H groups in total. The predicted molar refractivity (Wildman–Crippen MR) is 88.8 cm³/mol. The SMILES string of the molecule is CCOc1ccc(Br)cc1CNc1cccc(Cl)c1C. The summed E-state index contributed by atoms with van der Waals surface area (Å²) >= 11 is 9.62. The predicted octanol–water partition coefficient (Wildman–Crippen LogP) is 5.42. The van der Waals surface area contributed by atoms with Crippen LogP contribution < -0.4 is 10.1 Å². The van der Waals surface area contributed by atoms with E-state index < -0.39 is 0 Å². The van der Waals surface area contributed by atoms with Gasteiger partial charge in [0.2, 0.25) is 0 Å². The van der Waals surface area contributed by atoms with E-state index in [-0.39, 0.29) is 0 Å². The summed E-state index contributed by atoms with van der Waals surface area (Å²) in [6.45, 7) is 5.34. The minimum atomic E-state index is 0.658. The molecule has 2 nitrogen and oxygen atoms in total. The van der Waals surface area contributed by atoms with Crippen molar-refractivity contribution in [1.82, 2.24) is 0 Å². The van der Waals surface area contributed by atoms with Crippen LogP contribution in [-0.4, -0.2) is 6.61 Å². The minimum Gasteiger partial charge on any atom is -0.494 e. The standard InChI is InChI=1S/C16H17BrClNO/c1-3-20-16-8-7-13(17)9-12(16)10-19-15-6-4-5-14(18)11(15)2/h4-9,19H,3,10H2,1-2H3. The van der Waals surface area contributed by atoms with Crippen molar-refractivity contribution in [3.8, 4) is 5.75 Å². The van der Waals surface area contributed by atoms with Gasteiger partial charge in [-0.15, -0.1) is 0 Å². The van der Waals surface area contributed by atoms with Crippen LogP contribution in [0.25, 0.3) is 0 Å². The third-order valence-electron chi connectivity index (χ3n) is 3.06. The van der Waals surface area contributed by atoms with Gasteiger partial charge < -0.3 is 10.1 Å². The largest absolute Gasteiger partial charge is 0.494 e. The van der Waals surface area contributed by atoms with Crippen LogP contribution in [0.15, 0.2) is 40.9 Å². The maximum atomic E-state index is 6.13. The van der Waals surface area contributed by atoms with Crippen LogP contribution in [-0.2, 0) is 6.54 Å². The van der Waals surface area contributed by atoms with Crippen molar-refractivity contribution in [2.45, 2.75) is 20.4 Å². The maximum Gasteiger partial charge on any atom is 0.124 e. The van der Waals surface area contributed by atoms with Gasteiger partial charge in [-0.25, -0.2) is 0 Å². The summed E-state index contributed by atoms with van der Waals surface area (Å²) in [5, 5.41) is 4.18. The van der Waals surface area contributed by atoms with E-state index in [1.807, 2.05) is 44.2 Å². The van der Waals surface area contributed by atoms with Crippen LogP contribution in [0, 0.1) is 6.92 Å². The lowest BCUT2D eigenvalue weighted by atomic mass is 10.1. The summed E-state index contributed by atoms with van der Waals surface area (Å²) in [6, 6.07) is 11.9. The van der Waals surface area contributed by atoms with Gasteiger partial charge in [0.05, 0.1) is 6.61 Å². The van der Waals surface area contributed by atoms with Gasteiger partial charge in [-0.1, -0.05) is 33.6 Å². The van der Waals surface area contributed by atoms with E-state index in [0.717, 1.165) is 32.1 Å². The quantitative estimate of drug-likeness (QED) is 0.774. The van der Waals surface area contributed by atoms with E-state index >= 15 is 0 Å². The highest BCUT2D eigenvalue weighted by Gasteiger charge is 2.06. The number of anilines is 1. The first kappa shape index (κ1) is 15.2. The number of nitrogens with one attached hydrogen (secondary N) is 1. The number of hydrogen-bond acceptors (Lipinski definition) is 2. The van der Waals surface area contributed by atoms with Gasteiger partial charge in [-0.2, -0.15) is 0 Å². The second-order valence-electron chi connectivity index (χ2n) is 4.45. The van der Waals surface area contributed by atoms with Crippen molar-refractivity contribution in [2.75, 3.05) is 11.9 Å². The molecule has 0 aromatic heterocycles. The van der Waals surface area contributed by atoms with Crippen molar-refractivity contribution in [3.05, 3.63) is 57.0 Å². The smallest absolute Gasteiger partial charge is 0.124 e. The molecule has 0 fully saturated rings. The first-order valence-electron chi connectivity index (χ1n) is 6.52. The van der Waals surface area contributed by atoms with Crippen LogP contribution in [0.3, 0.4) is 0 Å². The monoisotopic (exact) mass is 353 g/mol. The number of benzene rings is 2. The summed E-state index contributed by atoms with van der Waals surface area (Å²) in [7, 11) is 0.